The van der Waals surface area contributed by atoms with Crippen molar-refractivity contribution in [2.24, 2.45) is 5.92 Å². The maximum atomic E-state index is 14.1. The second-order valence-electron chi connectivity index (χ2n) is 8.65. The Labute approximate surface area is 204 Å². The largest absolute Gasteiger partial charge is 0.436 e. The van der Waals surface area contributed by atoms with Crippen LogP contribution in [-0.2, 0) is 26.5 Å². The normalized spacial score (nSPS) is 25.8. The van der Waals surface area contributed by atoms with Crippen LogP contribution >= 0.6 is 15.9 Å². The molecule has 5 rings (SSSR count). The molecule has 34 heavy (non-hydrogen) atoms. The summed E-state index contributed by atoms with van der Waals surface area (Å²) in [7, 11) is 0. The highest BCUT2D eigenvalue weighted by atomic mass is 79.9. The molecule has 0 aromatic heterocycles. The molecule has 1 amide bonds. The first-order chi connectivity index (χ1) is 16.3. The topological polar surface area (TPSA) is 89.8 Å². The van der Waals surface area contributed by atoms with E-state index in [-0.39, 0.29) is 6.54 Å². The van der Waals surface area contributed by atoms with E-state index in [0.717, 1.165) is 10.0 Å². The lowest BCUT2D eigenvalue weighted by Crippen LogP contribution is -2.61. The number of rotatable bonds is 4. The van der Waals surface area contributed by atoms with E-state index >= 15 is 0 Å². The quantitative estimate of drug-likeness (QED) is 0.279. The Kier molecular flexibility index (Phi) is 5.48. The fourth-order valence-electron chi connectivity index (χ4n) is 5.20. The van der Waals surface area contributed by atoms with E-state index in [2.05, 4.69) is 15.9 Å². The summed E-state index contributed by atoms with van der Waals surface area (Å²) < 4.78 is 6.56. The lowest BCUT2D eigenvalue weighted by molar-refractivity contribution is -0.551. The molecule has 3 aromatic rings. The van der Waals surface area contributed by atoms with Gasteiger partial charge in [0.05, 0.1) is 24.1 Å². The Morgan fingerprint density at radius 3 is 2.44 bits per heavy atom. The van der Waals surface area contributed by atoms with E-state index in [9.17, 15) is 19.7 Å². The zero-order valence-electron chi connectivity index (χ0n) is 18.3. The SMILES string of the molecule is C[C@H]1C(=O)O[C@@]2(C(=O)N(Cc3ccccc3)c3ccccc32)[C@@H]([N+](=O)[O-])[C@@H]1c1cccc(Br)c1. The minimum Gasteiger partial charge on any atom is -0.436 e. The van der Waals surface area contributed by atoms with Crippen molar-refractivity contribution in [3.8, 4) is 0 Å². The van der Waals surface area contributed by atoms with Crippen LogP contribution in [0.3, 0.4) is 0 Å². The first-order valence-corrected chi connectivity index (χ1v) is 11.7. The number of carbonyl (C=O) groups is 2. The summed E-state index contributed by atoms with van der Waals surface area (Å²) in [5.41, 5.74) is 0.271. The van der Waals surface area contributed by atoms with Gasteiger partial charge in [0.15, 0.2) is 0 Å². The predicted molar refractivity (Wildman–Crippen MR) is 129 cm³/mol. The van der Waals surface area contributed by atoms with E-state index < -0.39 is 40.3 Å². The van der Waals surface area contributed by atoms with Crippen molar-refractivity contribution in [1.82, 2.24) is 0 Å². The summed E-state index contributed by atoms with van der Waals surface area (Å²) in [4.78, 5) is 41.0. The number of carbonyl (C=O) groups excluding carboxylic acids is 2. The number of fused-ring (bicyclic) bond motifs is 2. The average molecular weight is 521 g/mol. The summed E-state index contributed by atoms with van der Waals surface area (Å²) in [6.45, 7) is 1.82. The molecule has 1 saturated heterocycles. The van der Waals surface area contributed by atoms with Crippen molar-refractivity contribution in [1.29, 1.82) is 0 Å². The van der Waals surface area contributed by atoms with Gasteiger partial charge in [0.2, 0.25) is 0 Å². The smallest absolute Gasteiger partial charge is 0.311 e. The summed E-state index contributed by atoms with van der Waals surface area (Å²) in [6.07, 6.45) is 0. The van der Waals surface area contributed by atoms with Crippen molar-refractivity contribution in [2.45, 2.75) is 31.0 Å². The number of nitro groups is 1. The Morgan fingerprint density at radius 1 is 1.03 bits per heavy atom. The second kappa shape index (κ2) is 8.36. The van der Waals surface area contributed by atoms with Gasteiger partial charge in [0, 0.05) is 15.0 Å². The molecule has 0 saturated carbocycles. The Balaban J connectivity index is 1.70. The van der Waals surface area contributed by atoms with E-state index in [1.165, 1.54) is 4.90 Å². The molecule has 8 heteroatoms. The van der Waals surface area contributed by atoms with Gasteiger partial charge in [0.25, 0.3) is 17.6 Å². The third-order valence-electron chi connectivity index (χ3n) is 6.73. The molecule has 1 spiro atoms. The fraction of sp³-hybridized carbons (Fsp3) is 0.231. The van der Waals surface area contributed by atoms with Crippen LogP contribution in [0.15, 0.2) is 83.3 Å². The number of ether oxygens (including phenoxy) is 1. The molecule has 2 heterocycles. The number of halogens is 1. The van der Waals surface area contributed by atoms with Gasteiger partial charge in [-0.1, -0.05) is 83.5 Å². The van der Waals surface area contributed by atoms with Gasteiger partial charge in [0.1, 0.15) is 0 Å². The Hall–Kier alpha value is -3.52. The zero-order valence-corrected chi connectivity index (χ0v) is 19.8. The summed E-state index contributed by atoms with van der Waals surface area (Å²) >= 11 is 3.42. The number of amides is 1. The summed E-state index contributed by atoms with van der Waals surface area (Å²) in [6, 6.07) is 21.8. The molecular formula is C26H21BrN2O5. The van der Waals surface area contributed by atoms with E-state index in [4.69, 9.17) is 4.74 Å². The highest BCUT2D eigenvalue weighted by Gasteiger charge is 2.70. The van der Waals surface area contributed by atoms with Crippen LogP contribution in [0, 0.1) is 16.0 Å². The van der Waals surface area contributed by atoms with Crippen LogP contribution < -0.4 is 4.90 Å². The molecule has 0 unspecified atom stereocenters. The molecule has 7 nitrogen and oxygen atoms in total. The van der Waals surface area contributed by atoms with Gasteiger partial charge in [-0.05, 0) is 29.3 Å². The number of hydrogen-bond acceptors (Lipinski definition) is 5. The minimum absolute atomic E-state index is 0.206. The molecule has 0 aliphatic carbocycles. The van der Waals surface area contributed by atoms with Crippen LogP contribution in [-0.4, -0.2) is 22.8 Å². The van der Waals surface area contributed by atoms with E-state index in [1.54, 1.807) is 49.4 Å². The lowest BCUT2D eigenvalue weighted by Gasteiger charge is -2.41. The third-order valence-corrected chi connectivity index (χ3v) is 7.22. The maximum absolute atomic E-state index is 14.1. The van der Waals surface area contributed by atoms with Gasteiger partial charge in [-0.2, -0.15) is 0 Å². The average Bonchev–Trinajstić information content (AvgIpc) is 3.05. The molecule has 1 fully saturated rings. The highest BCUT2D eigenvalue weighted by Crippen LogP contribution is 2.54. The van der Waals surface area contributed by atoms with Crippen molar-refractivity contribution in [2.75, 3.05) is 4.90 Å². The molecular weight excluding hydrogens is 500 g/mol. The molecule has 3 aromatic carbocycles. The van der Waals surface area contributed by atoms with Gasteiger partial charge >= 0.3 is 5.97 Å². The molecule has 0 N–H and O–H groups in total. The van der Waals surface area contributed by atoms with Crippen molar-refractivity contribution >= 4 is 33.5 Å². The Bertz CT molecular complexity index is 1300. The van der Waals surface area contributed by atoms with Crippen molar-refractivity contribution in [3.63, 3.8) is 0 Å². The standard InChI is InChI=1S/C26H21BrN2O5/c1-16-22(18-10-7-11-19(27)14-18)23(29(32)33)26(34-24(16)30)20-12-5-6-13-21(20)28(25(26)31)15-17-8-3-2-4-9-17/h2-14,16,22-23H,15H2,1H3/t16-,22+,23+,26-/m1/s1. The molecule has 0 radical (unpaired) electrons. The van der Waals surface area contributed by atoms with Crippen LogP contribution in [0.1, 0.15) is 29.5 Å². The number of esters is 1. The molecule has 4 atom stereocenters. The monoisotopic (exact) mass is 520 g/mol. The molecule has 2 aliphatic heterocycles. The van der Waals surface area contributed by atoms with Crippen LogP contribution in [0.25, 0.3) is 0 Å². The van der Waals surface area contributed by atoms with Crippen LogP contribution in [0.5, 0.6) is 0 Å². The van der Waals surface area contributed by atoms with Crippen LogP contribution in [0.2, 0.25) is 0 Å². The number of hydrogen-bond donors (Lipinski definition) is 0. The van der Waals surface area contributed by atoms with E-state index in [0.29, 0.717) is 16.8 Å². The van der Waals surface area contributed by atoms with E-state index in [1.807, 2.05) is 36.4 Å². The van der Waals surface area contributed by atoms with Crippen LogP contribution in [0.4, 0.5) is 5.69 Å². The fourth-order valence-corrected chi connectivity index (χ4v) is 5.62. The van der Waals surface area contributed by atoms with Gasteiger partial charge in [-0.25, -0.2) is 0 Å². The molecule has 0 bridgehead atoms. The number of anilines is 1. The summed E-state index contributed by atoms with van der Waals surface area (Å²) in [5, 5.41) is 12.7. The zero-order chi connectivity index (χ0) is 24.0. The van der Waals surface area contributed by atoms with Gasteiger partial charge in [-0.3, -0.25) is 19.7 Å². The second-order valence-corrected chi connectivity index (χ2v) is 9.57. The molecule has 172 valence electrons. The number of para-hydroxylation sites is 1. The number of benzene rings is 3. The molecule has 2 aliphatic rings. The minimum atomic E-state index is -2.05. The number of nitrogens with zero attached hydrogens (tertiary/aromatic N) is 2. The lowest BCUT2D eigenvalue weighted by atomic mass is 9.70. The van der Waals surface area contributed by atoms with Crippen molar-refractivity contribution < 1.29 is 19.2 Å². The highest BCUT2D eigenvalue weighted by molar-refractivity contribution is 9.10. The van der Waals surface area contributed by atoms with Crippen molar-refractivity contribution in [3.05, 3.63) is 110 Å². The summed E-state index contributed by atoms with van der Waals surface area (Å²) in [5.74, 6) is -2.90. The van der Waals surface area contributed by atoms with Gasteiger partial charge < -0.3 is 9.64 Å². The first kappa shape index (κ1) is 22.3. The third kappa shape index (κ3) is 3.32. The Morgan fingerprint density at radius 2 is 1.74 bits per heavy atom. The predicted octanol–water partition coefficient (Wildman–Crippen LogP) is 4.81. The van der Waals surface area contributed by atoms with Gasteiger partial charge in [-0.15, -0.1) is 0 Å². The maximum Gasteiger partial charge on any atom is 0.311 e. The first-order valence-electron chi connectivity index (χ1n) is 10.9.